The molecule has 1 aromatic heterocycles. The van der Waals surface area contributed by atoms with Gasteiger partial charge in [-0.05, 0) is 54.2 Å². The van der Waals surface area contributed by atoms with Crippen LogP contribution >= 0.6 is 0 Å². The van der Waals surface area contributed by atoms with E-state index in [2.05, 4.69) is 26.1 Å². The van der Waals surface area contributed by atoms with Crippen LogP contribution in [0.5, 0.6) is 0 Å². The first-order valence-corrected chi connectivity index (χ1v) is 9.23. The van der Waals surface area contributed by atoms with E-state index in [0.29, 0.717) is 16.8 Å². The predicted molar refractivity (Wildman–Crippen MR) is 99.6 cm³/mol. The zero-order chi connectivity index (χ0) is 18.9. The zero-order valence-electron chi connectivity index (χ0n) is 15.7. The highest BCUT2D eigenvalue weighted by molar-refractivity contribution is 5.97. The minimum Gasteiger partial charge on any atom is -0.349 e. The van der Waals surface area contributed by atoms with Gasteiger partial charge >= 0.3 is 0 Å². The smallest absolute Gasteiger partial charge is 0.257 e. The Kier molecular flexibility index (Phi) is 3.59. The van der Waals surface area contributed by atoms with Crippen LogP contribution in [0, 0.1) is 22.6 Å². The Bertz CT molecular complexity index is 973. The second kappa shape index (κ2) is 5.41. The molecule has 1 amide bonds. The lowest BCUT2D eigenvalue weighted by Gasteiger charge is -2.43. The molecule has 2 bridgehead atoms. The summed E-state index contributed by atoms with van der Waals surface area (Å²) >= 11 is 0. The van der Waals surface area contributed by atoms with E-state index in [0.717, 1.165) is 12.8 Å². The fourth-order valence-corrected chi connectivity index (χ4v) is 5.49. The first-order valence-electron chi connectivity index (χ1n) is 9.23. The first-order chi connectivity index (χ1) is 12.1. The highest BCUT2D eigenvalue weighted by Crippen LogP contribution is 2.62. The molecule has 26 heavy (non-hydrogen) atoms. The molecule has 0 saturated heterocycles. The van der Waals surface area contributed by atoms with Crippen LogP contribution in [0.25, 0.3) is 10.9 Å². The van der Waals surface area contributed by atoms with E-state index in [4.69, 9.17) is 0 Å². The van der Waals surface area contributed by atoms with E-state index in [1.165, 1.54) is 30.8 Å². The number of benzene rings is 1. The molecule has 4 rings (SSSR count). The monoisotopic (exact) mass is 356 g/mol. The molecule has 0 aliphatic heterocycles. The molecule has 5 heteroatoms. The number of hydrogen-bond acceptors (Lipinski definition) is 2. The summed E-state index contributed by atoms with van der Waals surface area (Å²) in [4.78, 5) is 25.8. The molecule has 2 aromatic rings. The molecule has 2 saturated carbocycles. The molecular formula is C21H25FN2O2. The summed E-state index contributed by atoms with van der Waals surface area (Å²) in [6, 6.07) is 4.08. The minimum atomic E-state index is -0.402. The molecular weight excluding hydrogens is 331 g/mol. The van der Waals surface area contributed by atoms with Crippen molar-refractivity contribution < 1.29 is 9.18 Å². The summed E-state index contributed by atoms with van der Waals surface area (Å²) in [7, 11) is 1.72. The van der Waals surface area contributed by atoms with Crippen molar-refractivity contribution >= 4 is 16.8 Å². The van der Waals surface area contributed by atoms with Gasteiger partial charge in [-0.25, -0.2) is 4.39 Å². The third-order valence-corrected chi connectivity index (χ3v) is 6.94. The first kappa shape index (κ1) is 17.3. The maximum absolute atomic E-state index is 13.5. The third-order valence-electron chi connectivity index (χ3n) is 6.94. The average Bonchev–Trinajstić information content (AvgIpc) is 3.05. The Morgan fingerprint density at radius 1 is 1.31 bits per heavy atom. The molecule has 0 radical (unpaired) electrons. The molecule has 1 unspecified atom stereocenters. The van der Waals surface area contributed by atoms with Crippen molar-refractivity contribution in [3.8, 4) is 0 Å². The van der Waals surface area contributed by atoms with Gasteiger partial charge in [-0.15, -0.1) is 0 Å². The number of aryl methyl sites for hydroxylation is 1. The molecule has 1 aromatic carbocycles. The van der Waals surface area contributed by atoms with Crippen LogP contribution in [0.15, 0.2) is 29.2 Å². The highest BCUT2D eigenvalue weighted by atomic mass is 19.1. The Hall–Kier alpha value is -2.17. The molecule has 138 valence electrons. The van der Waals surface area contributed by atoms with Gasteiger partial charge in [0.25, 0.3) is 5.91 Å². The topological polar surface area (TPSA) is 51.1 Å². The summed E-state index contributed by atoms with van der Waals surface area (Å²) in [5, 5.41) is 3.54. The lowest BCUT2D eigenvalue weighted by atomic mass is 9.68. The highest BCUT2D eigenvalue weighted by Gasteiger charge is 2.59. The van der Waals surface area contributed by atoms with Gasteiger partial charge in [-0.3, -0.25) is 9.59 Å². The molecule has 2 fully saturated rings. The van der Waals surface area contributed by atoms with Gasteiger partial charge in [0.15, 0.2) is 0 Å². The maximum Gasteiger partial charge on any atom is 0.257 e. The van der Waals surface area contributed by atoms with Crippen LogP contribution in [0.4, 0.5) is 4.39 Å². The number of nitrogens with one attached hydrogen (secondary N) is 1. The van der Waals surface area contributed by atoms with Gasteiger partial charge < -0.3 is 9.88 Å². The Morgan fingerprint density at radius 2 is 2.04 bits per heavy atom. The van der Waals surface area contributed by atoms with E-state index >= 15 is 0 Å². The number of halogens is 1. The number of carbonyl (C=O) groups excluding carboxylic acids is 1. The van der Waals surface area contributed by atoms with E-state index < -0.39 is 5.82 Å². The maximum atomic E-state index is 13.5. The largest absolute Gasteiger partial charge is 0.349 e. The molecule has 2 aliphatic carbocycles. The standard InChI is InChI=1S/C21H25FN2O2/c1-20(2)12-7-8-21(3,10-12)19(20)23-18(26)15-11-24(4)16-9-13(22)5-6-14(16)17(15)25/h5-6,9,11-12,19H,7-8,10H2,1-4H3,(H,23,26)/t12?,19-,21-/m1/s1. The lowest BCUT2D eigenvalue weighted by molar-refractivity contribution is 0.0736. The van der Waals surface area contributed by atoms with E-state index in [1.807, 2.05) is 0 Å². The minimum absolute atomic E-state index is 0.0217. The Morgan fingerprint density at radius 3 is 2.69 bits per heavy atom. The Balaban J connectivity index is 1.73. The van der Waals surface area contributed by atoms with Crippen LogP contribution in [-0.2, 0) is 7.05 Å². The predicted octanol–water partition coefficient (Wildman–Crippen LogP) is 3.62. The number of carbonyl (C=O) groups is 1. The molecule has 3 atom stereocenters. The zero-order valence-corrected chi connectivity index (χ0v) is 15.7. The molecule has 2 aliphatic rings. The number of aromatic nitrogens is 1. The van der Waals surface area contributed by atoms with Crippen molar-refractivity contribution in [2.24, 2.45) is 23.8 Å². The van der Waals surface area contributed by atoms with E-state index in [1.54, 1.807) is 11.6 Å². The lowest BCUT2D eigenvalue weighted by Crippen LogP contribution is -2.53. The summed E-state index contributed by atoms with van der Waals surface area (Å²) in [5.41, 5.74) is 0.373. The van der Waals surface area contributed by atoms with Crippen molar-refractivity contribution in [1.29, 1.82) is 0 Å². The van der Waals surface area contributed by atoms with Gasteiger partial charge in [-0.2, -0.15) is 0 Å². The van der Waals surface area contributed by atoms with Gasteiger partial charge in [-0.1, -0.05) is 20.8 Å². The average molecular weight is 356 g/mol. The summed E-state index contributed by atoms with van der Waals surface area (Å²) in [5.74, 6) is -0.120. The summed E-state index contributed by atoms with van der Waals surface area (Å²) < 4.78 is 15.1. The quantitative estimate of drug-likeness (QED) is 0.893. The fraction of sp³-hybridized carbons (Fsp3) is 0.524. The van der Waals surface area contributed by atoms with Crippen LogP contribution in [0.1, 0.15) is 50.4 Å². The van der Waals surface area contributed by atoms with Crippen LogP contribution in [0.2, 0.25) is 0 Å². The summed E-state index contributed by atoms with van der Waals surface area (Å²) in [6.45, 7) is 6.68. The number of nitrogens with zero attached hydrogens (tertiary/aromatic N) is 1. The molecule has 4 nitrogen and oxygen atoms in total. The molecule has 1 N–H and O–H groups in total. The van der Waals surface area contributed by atoms with Crippen molar-refractivity contribution in [3.05, 3.63) is 46.0 Å². The van der Waals surface area contributed by atoms with Crippen LogP contribution in [-0.4, -0.2) is 16.5 Å². The number of rotatable bonds is 2. The van der Waals surface area contributed by atoms with Crippen LogP contribution < -0.4 is 10.7 Å². The molecule has 1 heterocycles. The van der Waals surface area contributed by atoms with Gasteiger partial charge in [0.1, 0.15) is 11.4 Å². The second-order valence-corrected chi connectivity index (χ2v) is 8.97. The number of pyridine rings is 1. The van der Waals surface area contributed by atoms with Crippen molar-refractivity contribution in [1.82, 2.24) is 9.88 Å². The van der Waals surface area contributed by atoms with Crippen molar-refractivity contribution in [2.45, 2.75) is 46.1 Å². The number of fused-ring (bicyclic) bond motifs is 3. The van der Waals surface area contributed by atoms with Gasteiger partial charge in [0.2, 0.25) is 5.43 Å². The number of amides is 1. The normalized spacial score (nSPS) is 29.3. The van der Waals surface area contributed by atoms with Crippen molar-refractivity contribution in [2.75, 3.05) is 0 Å². The SMILES string of the molecule is Cn1cc(C(=O)N[C@@H]2C(C)(C)C3CC[C@]2(C)C3)c(=O)c2ccc(F)cc21. The van der Waals surface area contributed by atoms with Crippen molar-refractivity contribution in [3.63, 3.8) is 0 Å². The third kappa shape index (κ3) is 2.32. The van der Waals surface area contributed by atoms with Gasteiger partial charge in [0.05, 0.1) is 5.52 Å². The Labute approximate surface area is 152 Å². The van der Waals surface area contributed by atoms with E-state index in [9.17, 15) is 14.0 Å². The number of hydrogen-bond donors (Lipinski definition) is 1. The second-order valence-electron chi connectivity index (χ2n) is 8.97. The van der Waals surface area contributed by atoms with Crippen LogP contribution in [0.3, 0.4) is 0 Å². The van der Waals surface area contributed by atoms with Gasteiger partial charge in [0, 0.05) is 24.7 Å². The molecule has 0 spiro atoms. The fourth-order valence-electron chi connectivity index (χ4n) is 5.49. The summed E-state index contributed by atoms with van der Waals surface area (Å²) in [6.07, 6.45) is 4.96. The van der Waals surface area contributed by atoms with E-state index in [-0.39, 0.29) is 33.8 Å².